The summed E-state index contributed by atoms with van der Waals surface area (Å²) >= 11 is 3.15. The Morgan fingerprint density at radius 1 is 1.42 bits per heavy atom. The first-order chi connectivity index (χ1) is 8.71. The van der Waals surface area contributed by atoms with Crippen LogP contribution in [0.1, 0.15) is 15.9 Å². The molecule has 0 saturated heterocycles. The van der Waals surface area contributed by atoms with Crippen LogP contribution < -0.4 is 0 Å². The number of hydrogen-bond acceptors (Lipinski definition) is 4. The monoisotopic (exact) mass is 351 g/mol. The highest BCUT2D eigenvalue weighted by molar-refractivity contribution is 9.10. The fourth-order valence-corrected chi connectivity index (χ4v) is 3.29. The van der Waals surface area contributed by atoms with Crippen molar-refractivity contribution in [1.29, 1.82) is 0 Å². The van der Waals surface area contributed by atoms with Crippen LogP contribution in [0.25, 0.3) is 0 Å². The van der Waals surface area contributed by atoms with Gasteiger partial charge in [0, 0.05) is 18.1 Å². The van der Waals surface area contributed by atoms with Gasteiger partial charge in [0.15, 0.2) is 0 Å². The molecule has 19 heavy (non-hydrogen) atoms. The molecule has 0 bridgehead atoms. The molecule has 0 saturated carbocycles. The number of carboxylic acids is 1. The van der Waals surface area contributed by atoms with Gasteiger partial charge in [-0.3, -0.25) is 0 Å². The quantitative estimate of drug-likeness (QED) is 0.827. The van der Waals surface area contributed by atoms with Gasteiger partial charge in [-0.25, -0.2) is 13.2 Å². The molecule has 0 fully saturated rings. The topological polar surface area (TPSA) is 94.9 Å². The average molecular weight is 352 g/mol. The maximum atomic E-state index is 12.2. The Morgan fingerprint density at radius 2 is 2.00 bits per heavy atom. The van der Waals surface area contributed by atoms with Crippen molar-refractivity contribution in [2.75, 3.05) is 20.2 Å². The number of hydrogen-bond donors (Lipinski definition) is 2. The number of benzene rings is 1. The zero-order chi connectivity index (χ0) is 14.8. The largest absolute Gasteiger partial charge is 0.478 e. The van der Waals surface area contributed by atoms with E-state index < -0.39 is 16.0 Å². The summed E-state index contributed by atoms with van der Waals surface area (Å²) in [5, 5.41) is 17.8. The van der Waals surface area contributed by atoms with Crippen molar-refractivity contribution in [1.82, 2.24) is 4.31 Å². The van der Waals surface area contributed by atoms with Crippen molar-refractivity contribution in [3.8, 4) is 0 Å². The summed E-state index contributed by atoms with van der Waals surface area (Å²) in [5.74, 6) is -1.19. The minimum atomic E-state index is -3.82. The molecule has 1 aromatic carbocycles. The van der Waals surface area contributed by atoms with Crippen LogP contribution in [0.3, 0.4) is 0 Å². The normalized spacial score (nSPS) is 11.8. The second-order valence-electron chi connectivity index (χ2n) is 3.93. The standard InChI is InChI=1S/C11H14BrNO5S/c1-7-9(11(15)16)5-8(6-10(7)12)19(17,18)13(2)3-4-14/h5-6,14H,3-4H2,1-2H3,(H,15,16). The predicted octanol–water partition coefficient (Wildman–Crippen LogP) is 1.07. The number of rotatable bonds is 5. The molecule has 0 amide bonds. The molecule has 0 atom stereocenters. The number of nitrogens with zero attached hydrogens (tertiary/aromatic N) is 1. The van der Waals surface area contributed by atoms with Crippen LogP contribution in [0, 0.1) is 6.92 Å². The number of carboxylic acid groups (broad SMARTS) is 1. The molecule has 1 rings (SSSR count). The van der Waals surface area contributed by atoms with E-state index in [0.29, 0.717) is 10.0 Å². The van der Waals surface area contributed by atoms with Crippen LogP contribution in [0.2, 0.25) is 0 Å². The number of aromatic carboxylic acids is 1. The fraction of sp³-hybridized carbons (Fsp3) is 0.364. The summed E-state index contributed by atoms with van der Waals surface area (Å²) in [6.07, 6.45) is 0. The smallest absolute Gasteiger partial charge is 0.336 e. The minimum Gasteiger partial charge on any atom is -0.478 e. The highest BCUT2D eigenvalue weighted by Gasteiger charge is 2.23. The van der Waals surface area contributed by atoms with E-state index in [0.717, 1.165) is 10.4 Å². The Labute approximate surface area is 119 Å². The van der Waals surface area contributed by atoms with E-state index in [4.69, 9.17) is 10.2 Å². The predicted molar refractivity (Wildman–Crippen MR) is 72.7 cm³/mol. The van der Waals surface area contributed by atoms with Gasteiger partial charge in [0.2, 0.25) is 10.0 Å². The molecule has 0 aliphatic heterocycles. The third-order valence-electron chi connectivity index (χ3n) is 2.67. The summed E-state index contributed by atoms with van der Waals surface area (Å²) in [6.45, 7) is 1.21. The van der Waals surface area contributed by atoms with E-state index in [1.165, 1.54) is 13.1 Å². The van der Waals surface area contributed by atoms with Gasteiger partial charge in [0.05, 0.1) is 17.1 Å². The Balaban J connectivity index is 3.40. The van der Waals surface area contributed by atoms with Crippen molar-refractivity contribution in [3.63, 3.8) is 0 Å². The van der Waals surface area contributed by atoms with E-state index >= 15 is 0 Å². The van der Waals surface area contributed by atoms with Crippen LogP contribution >= 0.6 is 15.9 Å². The molecule has 1 aromatic rings. The van der Waals surface area contributed by atoms with Crippen molar-refractivity contribution in [2.24, 2.45) is 0 Å². The van der Waals surface area contributed by atoms with Crippen LogP contribution in [0.15, 0.2) is 21.5 Å². The molecular formula is C11H14BrNO5S. The summed E-state index contributed by atoms with van der Waals surface area (Å²) in [7, 11) is -2.50. The van der Waals surface area contributed by atoms with Gasteiger partial charge in [-0.2, -0.15) is 4.31 Å². The van der Waals surface area contributed by atoms with Gasteiger partial charge in [0.1, 0.15) is 0 Å². The lowest BCUT2D eigenvalue weighted by molar-refractivity contribution is 0.0695. The first-order valence-corrected chi connectivity index (χ1v) is 7.55. The number of likely N-dealkylation sites (N-methyl/N-ethyl adjacent to an activating group) is 1. The van der Waals surface area contributed by atoms with E-state index in [1.54, 1.807) is 6.92 Å². The molecule has 0 aliphatic carbocycles. The Hall–Kier alpha value is -0.960. The van der Waals surface area contributed by atoms with E-state index in [1.807, 2.05) is 0 Å². The van der Waals surface area contributed by atoms with Gasteiger partial charge in [-0.1, -0.05) is 15.9 Å². The molecule has 0 heterocycles. The molecule has 0 radical (unpaired) electrons. The Bertz CT molecular complexity index is 599. The van der Waals surface area contributed by atoms with Crippen molar-refractivity contribution >= 4 is 31.9 Å². The zero-order valence-corrected chi connectivity index (χ0v) is 12.8. The van der Waals surface area contributed by atoms with Crippen LogP contribution in [0.4, 0.5) is 0 Å². The van der Waals surface area contributed by atoms with Gasteiger partial charge in [-0.05, 0) is 24.6 Å². The molecular weight excluding hydrogens is 338 g/mol. The van der Waals surface area contributed by atoms with E-state index in [-0.39, 0.29) is 23.6 Å². The fourth-order valence-electron chi connectivity index (χ4n) is 1.47. The van der Waals surface area contributed by atoms with E-state index in [9.17, 15) is 13.2 Å². The lowest BCUT2D eigenvalue weighted by Crippen LogP contribution is -2.29. The summed E-state index contributed by atoms with van der Waals surface area (Å²) in [4.78, 5) is 11.0. The molecule has 0 aliphatic rings. The summed E-state index contributed by atoms with van der Waals surface area (Å²) in [5.41, 5.74) is 0.376. The third-order valence-corrected chi connectivity index (χ3v) is 5.33. The number of aliphatic hydroxyl groups excluding tert-OH is 1. The third kappa shape index (κ3) is 3.33. The molecule has 0 spiro atoms. The molecule has 106 valence electrons. The SMILES string of the molecule is Cc1c(Br)cc(S(=O)(=O)N(C)CCO)cc1C(=O)O. The second kappa shape index (κ2) is 6.00. The van der Waals surface area contributed by atoms with Crippen LogP contribution in [-0.2, 0) is 10.0 Å². The first-order valence-electron chi connectivity index (χ1n) is 5.32. The van der Waals surface area contributed by atoms with Gasteiger partial charge in [0.25, 0.3) is 0 Å². The van der Waals surface area contributed by atoms with Crippen LogP contribution in [-0.4, -0.2) is 49.1 Å². The van der Waals surface area contributed by atoms with Gasteiger partial charge < -0.3 is 10.2 Å². The molecule has 0 unspecified atom stereocenters. The highest BCUT2D eigenvalue weighted by atomic mass is 79.9. The van der Waals surface area contributed by atoms with Gasteiger partial charge in [-0.15, -0.1) is 0 Å². The van der Waals surface area contributed by atoms with Gasteiger partial charge >= 0.3 is 5.97 Å². The Kier molecular flexibility index (Phi) is 5.08. The number of halogens is 1. The first kappa shape index (κ1) is 16.1. The number of sulfonamides is 1. The maximum Gasteiger partial charge on any atom is 0.336 e. The molecule has 8 heteroatoms. The lowest BCUT2D eigenvalue weighted by Gasteiger charge is -2.17. The lowest BCUT2D eigenvalue weighted by atomic mass is 10.1. The average Bonchev–Trinajstić information content (AvgIpc) is 2.32. The van der Waals surface area contributed by atoms with Crippen molar-refractivity contribution in [3.05, 3.63) is 27.7 Å². The molecule has 2 N–H and O–H groups in total. The molecule has 6 nitrogen and oxygen atoms in total. The van der Waals surface area contributed by atoms with Crippen molar-refractivity contribution < 1.29 is 23.4 Å². The van der Waals surface area contributed by atoms with Crippen LogP contribution in [0.5, 0.6) is 0 Å². The van der Waals surface area contributed by atoms with E-state index in [2.05, 4.69) is 15.9 Å². The minimum absolute atomic E-state index is 0.0593. The zero-order valence-electron chi connectivity index (χ0n) is 10.4. The molecule has 0 aromatic heterocycles. The second-order valence-corrected chi connectivity index (χ2v) is 6.83. The maximum absolute atomic E-state index is 12.2. The van der Waals surface area contributed by atoms with Crippen molar-refractivity contribution in [2.45, 2.75) is 11.8 Å². The summed E-state index contributed by atoms with van der Waals surface area (Å²) < 4.78 is 25.7. The highest BCUT2D eigenvalue weighted by Crippen LogP contribution is 2.26. The summed E-state index contributed by atoms with van der Waals surface area (Å²) in [6, 6.07) is 2.47. The number of carbonyl (C=O) groups is 1. The Morgan fingerprint density at radius 3 is 2.47 bits per heavy atom. The number of aliphatic hydroxyl groups is 1.